The van der Waals surface area contributed by atoms with E-state index in [-0.39, 0.29) is 5.41 Å². The number of rotatable bonds is 0. The van der Waals surface area contributed by atoms with E-state index in [2.05, 4.69) is 0 Å². The molecular formula is C7H10FN. The number of hydrogen-bond acceptors (Lipinski definition) is 1. The van der Waals surface area contributed by atoms with Crippen LogP contribution in [0.25, 0.3) is 0 Å². The summed E-state index contributed by atoms with van der Waals surface area (Å²) >= 11 is 0. The molecule has 0 saturated carbocycles. The van der Waals surface area contributed by atoms with Crippen molar-refractivity contribution in [2.45, 2.75) is 20.8 Å². The van der Waals surface area contributed by atoms with Gasteiger partial charge in [0, 0.05) is 0 Å². The van der Waals surface area contributed by atoms with Gasteiger partial charge in [-0.1, -0.05) is 20.8 Å². The molecule has 0 aliphatic heterocycles. The molecule has 0 aromatic heterocycles. The van der Waals surface area contributed by atoms with Crippen molar-refractivity contribution in [2.75, 3.05) is 0 Å². The first kappa shape index (κ1) is 8.16. The molecule has 0 radical (unpaired) electrons. The lowest BCUT2D eigenvalue weighted by Gasteiger charge is -2.09. The Morgan fingerprint density at radius 2 is 2.00 bits per heavy atom. The van der Waals surface area contributed by atoms with Gasteiger partial charge in [0.15, 0.2) is 5.83 Å². The summed E-state index contributed by atoms with van der Waals surface area (Å²) in [5, 5.41) is 8.00. The summed E-state index contributed by atoms with van der Waals surface area (Å²) in [6.07, 6.45) is 1.30. The van der Waals surface area contributed by atoms with Crippen LogP contribution in [-0.2, 0) is 0 Å². The quantitative estimate of drug-likeness (QED) is 0.458. The Bertz CT molecular complexity index is 157. The largest absolute Gasteiger partial charge is 0.196 e. The molecule has 2 heteroatoms. The number of halogens is 1. The lowest BCUT2D eigenvalue weighted by atomic mass is 9.96. The Hall–Kier alpha value is -0.840. The van der Waals surface area contributed by atoms with Crippen molar-refractivity contribution in [3.05, 3.63) is 11.9 Å². The second-order valence-electron chi connectivity index (χ2n) is 2.97. The highest BCUT2D eigenvalue weighted by atomic mass is 19.1. The number of allylic oxidation sites excluding steroid dienone is 2. The van der Waals surface area contributed by atoms with Gasteiger partial charge in [0.05, 0.1) is 0 Å². The monoisotopic (exact) mass is 127 g/mol. The van der Waals surface area contributed by atoms with Gasteiger partial charge in [0.1, 0.15) is 6.07 Å². The third-order valence-corrected chi connectivity index (χ3v) is 0.667. The molecule has 0 rings (SSSR count). The van der Waals surface area contributed by atoms with Crippen LogP contribution in [0.3, 0.4) is 0 Å². The molecule has 0 N–H and O–H groups in total. The lowest BCUT2D eigenvalue weighted by Crippen LogP contribution is -1.99. The Labute approximate surface area is 54.8 Å². The Kier molecular flexibility index (Phi) is 2.39. The Balaban J connectivity index is 4.17. The number of nitrogens with zero attached hydrogens (tertiary/aromatic N) is 1. The molecule has 0 amide bonds. The fraction of sp³-hybridized carbons (Fsp3) is 0.571. The van der Waals surface area contributed by atoms with Crippen molar-refractivity contribution in [1.29, 1.82) is 5.26 Å². The van der Waals surface area contributed by atoms with Crippen molar-refractivity contribution < 1.29 is 4.39 Å². The molecule has 0 aliphatic carbocycles. The molecule has 0 saturated heterocycles. The lowest BCUT2D eigenvalue weighted by molar-refractivity contribution is 0.520. The molecule has 0 bridgehead atoms. The van der Waals surface area contributed by atoms with E-state index in [1.165, 1.54) is 12.1 Å². The van der Waals surface area contributed by atoms with Crippen LogP contribution in [0.1, 0.15) is 20.8 Å². The molecule has 0 aromatic carbocycles. The van der Waals surface area contributed by atoms with E-state index in [1.54, 1.807) is 0 Å². The maximum Gasteiger partial charge on any atom is 0.196 e. The molecule has 0 unspecified atom stereocenters. The topological polar surface area (TPSA) is 23.8 Å². The standard InChI is InChI=1S/C7H10FN/c1-7(2,3)4-6(8)5-9/h4H,1-3H3/b6-4-. The summed E-state index contributed by atoms with van der Waals surface area (Å²) in [7, 11) is 0. The predicted octanol–water partition coefficient (Wildman–Crippen LogP) is 2.41. The van der Waals surface area contributed by atoms with Gasteiger partial charge >= 0.3 is 0 Å². The fourth-order valence-corrected chi connectivity index (χ4v) is 0.412. The SMILES string of the molecule is CC(C)(C)/C=C(\F)C#N. The van der Waals surface area contributed by atoms with Gasteiger partial charge < -0.3 is 0 Å². The summed E-state index contributed by atoms with van der Waals surface area (Å²) in [4.78, 5) is 0. The molecule has 0 aliphatic rings. The zero-order valence-electron chi connectivity index (χ0n) is 5.90. The van der Waals surface area contributed by atoms with Crippen LogP contribution in [0.5, 0.6) is 0 Å². The van der Waals surface area contributed by atoms with E-state index in [9.17, 15) is 4.39 Å². The summed E-state index contributed by atoms with van der Waals surface area (Å²) in [6, 6.07) is 1.42. The fourth-order valence-electron chi connectivity index (χ4n) is 0.412. The predicted molar refractivity (Wildman–Crippen MR) is 34.3 cm³/mol. The normalized spacial score (nSPS) is 13.0. The van der Waals surface area contributed by atoms with Crippen LogP contribution >= 0.6 is 0 Å². The molecule has 0 fully saturated rings. The molecule has 0 spiro atoms. The van der Waals surface area contributed by atoms with Crippen molar-refractivity contribution in [2.24, 2.45) is 5.41 Å². The van der Waals surface area contributed by atoms with Crippen molar-refractivity contribution in [1.82, 2.24) is 0 Å². The zero-order chi connectivity index (χ0) is 7.49. The average Bonchev–Trinajstić information content (AvgIpc) is 1.62. The van der Waals surface area contributed by atoms with Gasteiger partial charge in [-0.15, -0.1) is 0 Å². The highest BCUT2D eigenvalue weighted by Gasteiger charge is 2.07. The highest BCUT2D eigenvalue weighted by Crippen LogP contribution is 2.17. The van der Waals surface area contributed by atoms with Crippen molar-refractivity contribution in [3.63, 3.8) is 0 Å². The molecular weight excluding hydrogens is 117 g/mol. The third kappa shape index (κ3) is 5.02. The maximum absolute atomic E-state index is 12.1. The van der Waals surface area contributed by atoms with Crippen LogP contribution in [0.2, 0.25) is 0 Å². The summed E-state index contributed by atoms with van der Waals surface area (Å²) in [6.45, 7) is 5.51. The summed E-state index contributed by atoms with van der Waals surface area (Å²) in [5.74, 6) is -0.706. The first-order valence-corrected chi connectivity index (χ1v) is 2.74. The average molecular weight is 127 g/mol. The van der Waals surface area contributed by atoms with E-state index in [4.69, 9.17) is 5.26 Å². The molecule has 50 valence electrons. The van der Waals surface area contributed by atoms with Crippen LogP contribution in [0.15, 0.2) is 11.9 Å². The highest BCUT2D eigenvalue weighted by molar-refractivity contribution is 5.14. The van der Waals surface area contributed by atoms with Gasteiger partial charge in [0.25, 0.3) is 0 Å². The van der Waals surface area contributed by atoms with E-state index in [1.807, 2.05) is 20.8 Å². The van der Waals surface area contributed by atoms with Crippen LogP contribution in [0, 0.1) is 16.7 Å². The summed E-state index contributed by atoms with van der Waals surface area (Å²) in [5.41, 5.74) is -0.236. The Morgan fingerprint density at radius 3 is 2.11 bits per heavy atom. The van der Waals surface area contributed by atoms with Crippen LogP contribution in [-0.4, -0.2) is 0 Å². The minimum absolute atomic E-state index is 0.236. The Morgan fingerprint density at radius 1 is 1.56 bits per heavy atom. The second kappa shape index (κ2) is 2.63. The van der Waals surface area contributed by atoms with Crippen LogP contribution in [0.4, 0.5) is 4.39 Å². The minimum Gasteiger partial charge on any atom is -0.195 e. The first-order chi connectivity index (χ1) is 3.95. The van der Waals surface area contributed by atoms with Gasteiger partial charge in [-0.3, -0.25) is 0 Å². The van der Waals surface area contributed by atoms with E-state index >= 15 is 0 Å². The molecule has 0 aromatic rings. The van der Waals surface area contributed by atoms with Crippen molar-refractivity contribution >= 4 is 0 Å². The van der Waals surface area contributed by atoms with E-state index in [0.29, 0.717) is 0 Å². The molecule has 9 heavy (non-hydrogen) atoms. The number of hydrogen-bond donors (Lipinski definition) is 0. The van der Waals surface area contributed by atoms with Gasteiger partial charge in [-0.2, -0.15) is 9.65 Å². The first-order valence-electron chi connectivity index (χ1n) is 2.74. The maximum atomic E-state index is 12.1. The summed E-state index contributed by atoms with van der Waals surface area (Å²) < 4.78 is 12.1. The third-order valence-electron chi connectivity index (χ3n) is 0.667. The molecule has 0 atom stereocenters. The van der Waals surface area contributed by atoms with E-state index < -0.39 is 5.83 Å². The molecule has 0 heterocycles. The minimum atomic E-state index is -0.706. The van der Waals surface area contributed by atoms with E-state index in [0.717, 1.165) is 0 Å². The van der Waals surface area contributed by atoms with Crippen LogP contribution < -0.4 is 0 Å². The smallest absolute Gasteiger partial charge is 0.195 e. The van der Waals surface area contributed by atoms with Gasteiger partial charge in [-0.25, -0.2) is 0 Å². The zero-order valence-corrected chi connectivity index (χ0v) is 5.90. The second-order valence-corrected chi connectivity index (χ2v) is 2.97. The van der Waals surface area contributed by atoms with Crippen molar-refractivity contribution in [3.8, 4) is 6.07 Å². The van der Waals surface area contributed by atoms with Gasteiger partial charge in [0.2, 0.25) is 0 Å². The molecule has 1 nitrogen and oxygen atoms in total. The van der Waals surface area contributed by atoms with Gasteiger partial charge in [-0.05, 0) is 11.5 Å². The number of nitriles is 1.